The molecule has 0 bridgehead atoms. The highest BCUT2D eigenvalue weighted by Crippen LogP contribution is 2.48. The van der Waals surface area contributed by atoms with Crippen LogP contribution in [0, 0.1) is 11.8 Å². The lowest BCUT2D eigenvalue weighted by molar-refractivity contribution is -0.136. The largest absolute Gasteiger partial charge is 0.497 e. The maximum absolute atomic E-state index is 13.9. The standard InChI is InChI=1S/C29H32ClNO5/c1-4-35-21-7-5-6-19(15-21)26-25-27(32)22-16-23(30)17(2)14-24(22)36-28(25)29(33)31(26)13-12-18-8-10-20(34-3)11-9-18/h5-11,15,17,22-24,26H,4,12-14,16H2,1-3H3. The topological polar surface area (TPSA) is 65.1 Å². The maximum Gasteiger partial charge on any atom is 0.290 e. The van der Waals surface area contributed by atoms with Crippen LogP contribution in [-0.4, -0.2) is 48.3 Å². The maximum atomic E-state index is 13.9. The molecule has 5 rings (SSSR count). The summed E-state index contributed by atoms with van der Waals surface area (Å²) in [5, 5.41) is -0.0797. The summed E-state index contributed by atoms with van der Waals surface area (Å²) in [6, 6.07) is 14.9. The van der Waals surface area contributed by atoms with Crippen LogP contribution >= 0.6 is 11.6 Å². The number of ketones is 1. The number of fused-ring (bicyclic) bond motifs is 1. The number of amides is 1. The number of benzene rings is 2. The van der Waals surface area contributed by atoms with Crippen LogP contribution in [0.5, 0.6) is 11.5 Å². The van der Waals surface area contributed by atoms with Crippen LogP contribution in [0.3, 0.4) is 0 Å². The summed E-state index contributed by atoms with van der Waals surface area (Å²) in [6.45, 7) is 4.98. The zero-order chi connectivity index (χ0) is 25.4. The van der Waals surface area contributed by atoms with Crippen molar-refractivity contribution >= 4 is 23.3 Å². The van der Waals surface area contributed by atoms with E-state index in [9.17, 15) is 9.59 Å². The molecule has 0 spiro atoms. The third kappa shape index (κ3) is 4.47. The zero-order valence-electron chi connectivity index (χ0n) is 20.9. The number of methoxy groups -OCH3 is 1. The molecule has 5 atom stereocenters. The Kier molecular flexibility index (Phi) is 6.98. The van der Waals surface area contributed by atoms with Gasteiger partial charge in [-0.05, 0) is 67.5 Å². The molecule has 190 valence electrons. The number of carbonyl (C=O) groups is 2. The van der Waals surface area contributed by atoms with Gasteiger partial charge >= 0.3 is 0 Å². The Balaban J connectivity index is 1.49. The second-order valence-corrected chi connectivity index (χ2v) is 10.4. The van der Waals surface area contributed by atoms with Gasteiger partial charge in [-0.3, -0.25) is 9.59 Å². The van der Waals surface area contributed by atoms with Gasteiger partial charge in [-0.25, -0.2) is 0 Å². The van der Waals surface area contributed by atoms with Gasteiger partial charge in [-0.15, -0.1) is 11.6 Å². The predicted octanol–water partition coefficient (Wildman–Crippen LogP) is 5.10. The van der Waals surface area contributed by atoms with Crippen molar-refractivity contribution < 1.29 is 23.8 Å². The Labute approximate surface area is 217 Å². The summed E-state index contributed by atoms with van der Waals surface area (Å²) in [7, 11) is 1.64. The molecular formula is C29H32ClNO5. The van der Waals surface area contributed by atoms with Crippen molar-refractivity contribution in [2.24, 2.45) is 11.8 Å². The average Bonchev–Trinajstić information content (AvgIpc) is 3.16. The van der Waals surface area contributed by atoms with Gasteiger partial charge in [0.2, 0.25) is 0 Å². The molecule has 1 saturated carbocycles. The number of hydrogen-bond acceptors (Lipinski definition) is 5. The molecule has 0 aromatic heterocycles. The zero-order valence-corrected chi connectivity index (χ0v) is 21.7. The summed E-state index contributed by atoms with van der Waals surface area (Å²) >= 11 is 6.57. The molecule has 6 nitrogen and oxygen atoms in total. The minimum absolute atomic E-state index is 0.00842. The third-order valence-corrected chi connectivity index (χ3v) is 8.20. The second kappa shape index (κ2) is 10.2. The normalized spacial score (nSPS) is 27.4. The van der Waals surface area contributed by atoms with Gasteiger partial charge in [0.05, 0.1) is 31.2 Å². The molecule has 5 unspecified atom stereocenters. The van der Waals surface area contributed by atoms with Crippen LogP contribution in [0.2, 0.25) is 0 Å². The number of halogens is 1. The highest BCUT2D eigenvalue weighted by atomic mass is 35.5. The molecule has 1 fully saturated rings. The molecule has 2 aromatic carbocycles. The molecule has 2 aromatic rings. The molecule has 2 heterocycles. The Hall–Kier alpha value is -2.99. The van der Waals surface area contributed by atoms with Crippen LogP contribution in [0.4, 0.5) is 0 Å². The van der Waals surface area contributed by atoms with Crippen molar-refractivity contribution in [1.82, 2.24) is 4.90 Å². The molecule has 0 radical (unpaired) electrons. The SMILES string of the molecule is CCOc1cccc(C2C3=C(OC4CC(C)C(Cl)CC4C3=O)C(=O)N2CCc2ccc(OC)cc2)c1. The van der Waals surface area contributed by atoms with E-state index in [0.717, 1.165) is 16.9 Å². The van der Waals surface area contributed by atoms with Crippen molar-refractivity contribution in [3.8, 4) is 11.5 Å². The van der Waals surface area contributed by atoms with Crippen LogP contribution in [0.1, 0.15) is 43.9 Å². The second-order valence-electron chi connectivity index (χ2n) is 9.84. The highest BCUT2D eigenvalue weighted by molar-refractivity contribution is 6.21. The van der Waals surface area contributed by atoms with E-state index in [1.807, 2.05) is 55.5 Å². The first-order valence-electron chi connectivity index (χ1n) is 12.7. The van der Waals surface area contributed by atoms with Crippen LogP contribution in [0.25, 0.3) is 0 Å². The van der Waals surface area contributed by atoms with Gasteiger partial charge < -0.3 is 19.1 Å². The van der Waals surface area contributed by atoms with E-state index in [1.165, 1.54) is 0 Å². The quantitative estimate of drug-likeness (QED) is 0.486. The smallest absolute Gasteiger partial charge is 0.290 e. The molecule has 1 amide bonds. The van der Waals surface area contributed by atoms with E-state index in [4.69, 9.17) is 25.8 Å². The Bertz CT molecular complexity index is 1180. The van der Waals surface area contributed by atoms with Crippen molar-refractivity contribution in [1.29, 1.82) is 0 Å². The predicted molar refractivity (Wildman–Crippen MR) is 137 cm³/mol. The lowest BCUT2D eigenvalue weighted by atomic mass is 9.74. The summed E-state index contributed by atoms with van der Waals surface area (Å²) in [5.74, 6) is 1.37. The van der Waals surface area contributed by atoms with Gasteiger partial charge in [0.1, 0.15) is 17.6 Å². The summed E-state index contributed by atoms with van der Waals surface area (Å²) in [4.78, 5) is 29.4. The van der Waals surface area contributed by atoms with Gasteiger partial charge in [0, 0.05) is 11.9 Å². The first-order chi connectivity index (χ1) is 17.4. The number of ether oxygens (including phenoxy) is 3. The molecule has 3 aliphatic rings. The van der Waals surface area contributed by atoms with Crippen LogP contribution < -0.4 is 9.47 Å². The van der Waals surface area contributed by atoms with Crippen LogP contribution in [0.15, 0.2) is 59.9 Å². The fourth-order valence-corrected chi connectivity index (χ4v) is 5.92. The number of alkyl halides is 1. The lowest BCUT2D eigenvalue weighted by Gasteiger charge is -2.40. The lowest BCUT2D eigenvalue weighted by Crippen LogP contribution is -2.44. The highest BCUT2D eigenvalue weighted by Gasteiger charge is 2.53. The minimum atomic E-state index is -0.521. The first kappa shape index (κ1) is 24.7. The number of carbonyl (C=O) groups excluding carboxylic acids is 2. The van der Waals surface area contributed by atoms with E-state index in [1.54, 1.807) is 12.0 Å². The number of Topliss-reactive ketones (excluding diaryl/α,β-unsaturated/α-hetero) is 1. The van der Waals surface area contributed by atoms with E-state index in [2.05, 4.69) is 6.92 Å². The van der Waals surface area contributed by atoms with Crippen molar-refractivity contribution in [2.75, 3.05) is 20.3 Å². The summed E-state index contributed by atoms with van der Waals surface area (Å²) in [6.07, 6.45) is 1.57. The Morgan fingerprint density at radius 3 is 2.58 bits per heavy atom. The number of rotatable bonds is 7. The van der Waals surface area contributed by atoms with Crippen LogP contribution in [-0.2, 0) is 20.7 Å². The fraction of sp³-hybridized carbons (Fsp3) is 0.448. The van der Waals surface area contributed by atoms with E-state index in [0.29, 0.717) is 43.7 Å². The molecule has 0 saturated heterocycles. The van der Waals surface area contributed by atoms with E-state index < -0.39 is 6.04 Å². The van der Waals surface area contributed by atoms with E-state index in [-0.39, 0.29) is 40.8 Å². The average molecular weight is 510 g/mol. The number of nitrogens with zero attached hydrogens (tertiary/aromatic N) is 1. The van der Waals surface area contributed by atoms with E-state index >= 15 is 0 Å². The van der Waals surface area contributed by atoms with Crippen molar-refractivity contribution in [3.63, 3.8) is 0 Å². The van der Waals surface area contributed by atoms with Crippen molar-refractivity contribution in [3.05, 3.63) is 71.0 Å². The minimum Gasteiger partial charge on any atom is -0.497 e. The number of hydrogen-bond donors (Lipinski definition) is 0. The molecule has 2 aliphatic heterocycles. The molecule has 0 N–H and O–H groups in total. The Morgan fingerprint density at radius 2 is 1.86 bits per heavy atom. The molecule has 7 heteroatoms. The summed E-state index contributed by atoms with van der Waals surface area (Å²) < 4.78 is 17.3. The molecular weight excluding hydrogens is 478 g/mol. The first-order valence-corrected chi connectivity index (χ1v) is 13.1. The third-order valence-electron chi connectivity index (χ3n) is 7.59. The molecule has 36 heavy (non-hydrogen) atoms. The van der Waals surface area contributed by atoms with Gasteiger partial charge in [-0.1, -0.05) is 31.2 Å². The van der Waals surface area contributed by atoms with Gasteiger partial charge in [-0.2, -0.15) is 0 Å². The van der Waals surface area contributed by atoms with Gasteiger partial charge in [0.15, 0.2) is 11.5 Å². The monoisotopic (exact) mass is 509 g/mol. The van der Waals surface area contributed by atoms with Crippen molar-refractivity contribution in [2.45, 2.75) is 50.6 Å². The van der Waals surface area contributed by atoms with Gasteiger partial charge in [0.25, 0.3) is 5.91 Å². The fourth-order valence-electron chi connectivity index (χ4n) is 5.63. The summed E-state index contributed by atoms with van der Waals surface area (Å²) in [5.41, 5.74) is 2.38. The Morgan fingerprint density at radius 1 is 1.08 bits per heavy atom. The molecule has 1 aliphatic carbocycles.